The lowest BCUT2D eigenvalue weighted by Gasteiger charge is -2.10. The molecule has 2 rings (SSSR count). The van der Waals surface area contributed by atoms with E-state index in [1.54, 1.807) is 37.3 Å². The van der Waals surface area contributed by atoms with Crippen molar-refractivity contribution in [3.8, 4) is 5.75 Å². The molecule has 1 N–H and O–H groups in total. The van der Waals surface area contributed by atoms with Crippen LogP contribution in [0.25, 0.3) is 0 Å². The molecule has 0 radical (unpaired) electrons. The summed E-state index contributed by atoms with van der Waals surface area (Å²) in [5.74, 6) is 0.653. The summed E-state index contributed by atoms with van der Waals surface area (Å²) in [5.41, 5.74) is 0.491. The van der Waals surface area contributed by atoms with Gasteiger partial charge in [0, 0.05) is 10.9 Å². The van der Waals surface area contributed by atoms with Crippen molar-refractivity contribution < 1.29 is 13.2 Å². The maximum Gasteiger partial charge on any atom is 0.263 e. The van der Waals surface area contributed by atoms with Crippen molar-refractivity contribution in [2.24, 2.45) is 0 Å². The van der Waals surface area contributed by atoms with Crippen LogP contribution in [0, 0.1) is 6.92 Å². The summed E-state index contributed by atoms with van der Waals surface area (Å²) < 4.78 is 33.7. The highest BCUT2D eigenvalue weighted by Gasteiger charge is 2.19. The zero-order valence-electron chi connectivity index (χ0n) is 11.7. The molecule has 0 unspecified atom stereocenters. The SMILES string of the molecule is CCCOc1cccc(NS(=O)(=O)c2cc(Br)sc2C)c1. The van der Waals surface area contributed by atoms with Crippen molar-refractivity contribution in [1.82, 2.24) is 0 Å². The van der Waals surface area contributed by atoms with Gasteiger partial charge in [-0.2, -0.15) is 0 Å². The van der Waals surface area contributed by atoms with Crippen molar-refractivity contribution >= 4 is 43.0 Å². The van der Waals surface area contributed by atoms with E-state index in [1.807, 2.05) is 6.92 Å². The van der Waals surface area contributed by atoms with Crippen LogP contribution in [0.4, 0.5) is 5.69 Å². The van der Waals surface area contributed by atoms with Crippen molar-refractivity contribution in [3.05, 3.63) is 39.0 Å². The van der Waals surface area contributed by atoms with Gasteiger partial charge in [0.15, 0.2) is 0 Å². The predicted octanol–water partition coefficient (Wildman–Crippen LogP) is 4.41. The van der Waals surface area contributed by atoms with Crippen LogP contribution < -0.4 is 9.46 Å². The monoisotopic (exact) mass is 389 g/mol. The lowest BCUT2D eigenvalue weighted by molar-refractivity contribution is 0.317. The Kier molecular flexibility index (Phi) is 5.29. The maximum absolute atomic E-state index is 12.4. The molecule has 114 valence electrons. The summed E-state index contributed by atoms with van der Waals surface area (Å²) in [6, 6.07) is 8.57. The number of rotatable bonds is 6. The molecular weight excluding hydrogens is 374 g/mol. The molecule has 0 saturated carbocycles. The van der Waals surface area contributed by atoms with Crippen molar-refractivity contribution in [2.75, 3.05) is 11.3 Å². The molecule has 1 aromatic carbocycles. The van der Waals surface area contributed by atoms with Crippen LogP contribution in [0.1, 0.15) is 18.2 Å². The van der Waals surface area contributed by atoms with Gasteiger partial charge >= 0.3 is 0 Å². The average molecular weight is 390 g/mol. The van der Waals surface area contributed by atoms with Gasteiger partial charge in [0.05, 0.1) is 16.1 Å². The minimum absolute atomic E-state index is 0.291. The highest BCUT2D eigenvalue weighted by atomic mass is 79.9. The highest BCUT2D eigenvalue weighted by molar-refractivity contribution is 9.11. The zero-order valence-corrected chi connectivity index (χ0v) is 14.9. The number of anilines is 1. The lowest BCUT2D eigenvalue weighted by atomic mass is 10.3. The predicted molar refractivity (Wildman–Crippen MR) is 89.8 cm³/mol. The van der Waals surface area contributed by atoms with Crippen molar-refractivity contribution in [3.63, 3.8) is 0 Å². The topological polar surface area (TPSA) is 55.4 Å². The Hall–Kier alpha value is -1.05. The second-order valence-corrected chi connectivity index (χ2v) is 8.74. The number of ether oxygens (including phenoxy) is 1. The molecule has 4 nitrogen and oxygen atoms in total. The van der Waals surface area contributed by atoms with E-state index in [4.69, 9.17) is 4.74 Å². The Balaban J connectivity index is 2.22. The van der Waals surface area contributed by atoms with Crippen molar-refractivity contribution in [2.45, 2.75) is 25.2 Å². The standard InChI is InChI=1S/C14H16BrNO3S2/c1-3-7-19-12-6-4-5-11(8-12)16-21(17,18)13-9-14(15)20-10(13)2/h4-6,8-9,16H,3,7H2,1-2H3. The fourth-order valence-electron chi connectivity index (χ4n) is 1.78. The van der Waals surface area contributed by atoms with E-state index in [0.717, 1.165) is 15.1 Å². The van der Waals surface area contributed by atoms with Gasteiger partial charge in [-0.1, -0.05) is 13.0 Å². The minimum atomic E-state index is -3.59. The molecule has 0 aliphatic carbocycles. The molecule has 1 heterocycles. The molecule has 21 heavy (non-hydrogen) atoms. The molecule has 0 aliphatic rings. The number of aryl methyl sites for hydroxylation is 1. The van der Waals surface area contributed by atoms with Gasteiger partial charge in [0.1, 0.15) is 10.6 Å². The van der Waals surface area contributed by atoms with Crippen LogP contribution in [-0.2, 0) is 10.0 Å². The number of thiophene rings is 1. The van der Waals surface area contributed by atoms with E-state index < -0.39 is 10.0 Å². The molecule has 0 aliphatic heterocycles. The number of benzene rings is 1. The van der Waals surface area contributed by atoms with E-state index in [-0.39, 0.29) is 0 Å². The molecule has 0 saturated heterocycles. The number of halogens is 1. The summed E-state index contributed by atoms with van der Waals surface area (Å²) in [4.78, 5) is 1.03. The molecule has 0 fully saturated rings. The van der Waals surface area contributed by atoms with Gasteiger partial charge in [-0.25, -0.2) is 8.42 Å². The summed E-state index contributed by atoms with van der Waals surface area (Å²) in [6.45, 7) is 4.40. The Bertz CT molecular complexity index is 726. The molecule has 0 atom stereocenters. The average Bonchev–Trinajstić information content (AvgIpc) is 2.76. The fourth-order valence-corrected chi connectivity index (χ4v) is 5.24. The quantitative estimate of drug-likeness (QED) is 0.795. The van der Waals surface area contributed by atoms with Gasteiger partial charge in [-0.3, -0.25) is 4.72 Å². The maximum atomic E-state index is 12.4. The van der Waals surface area contributed by atoms with E-state index >= 15 is 0 Å². The highest BCUT2D eigenvalue weighted by Crippen LogP contribution is 2.31. The first-order valence-electron chi connectivity index (χ1n) is 6.44. The normalized spacial score (nSPS) is 11.4. The number of sulfonamides is 1. The lowest BCUT2D eigenvalue weighted by Crippen LogP contribution is -2.13. The Labute approximate surface area is 137 Å². The van der Waals surface area contributed by atoms with Gasteiger partial charge in [-0.05, 0) is 47.5 Å². The van der Waals surface area contributed by atoms with Crippen molar-refractivity contribution in [1.29, 1.82) is 0 Å². The van der Waals surface area contributed by atoms with E-state index in [9.17, 15) is 8.42 Å². The first-order valence-corrected chi connectivity index (χ1v) is 9.53. The molecular formula is C14H16BrNO3S2. The van der Waals surface area contributed by atoms with Crippen LogP contribution in [0.2, 0.25) is 0 Å². The zero-order chi connectivity index (χ0) is 15.5. The van der Waals surface area contributed by atoms with Crippen LogP contribution in [0.5, 0.6) is 5.75 Å². The molecule has 0 amide bonds. The largest absolute Gasteiger partial charge is 0.494 e. The third-order valence-electron chi connectivity index (χ3n) is 2.69. The van der Waals surface area contributed by atoms with Gasteiger partial charge < -0.3 is 4.74 Å². The van der Waals surface area contributed by atoms with E-state index in [0.29, 0.717) is 22.9 Å². The third kappa shape index (κ3) is 4.21. The van der Waals surface area contributed by atoms with Crippen LogP contribution in [-0.4, -0.2) is 15.0 Å². The second-order valence-electron chi connectivity index (χ2n) is 4.45. The first-order chi connectivity index (χ1) is 9.92. The van der Waals surface area contributed by atoms with Gasteiger partial charge in [0.25, 0.3) is 10.0 Å². The first kappa shape index (κ1) is 16.3. The molecule has 1 aromatic heterocycles. The smallest absolute Gasteiger partial charge is 0.263 e. The fraction of sp³-hybridized carbons (Fsp3) is 0.286. The summed E-state index contributed by atoms with van der Waals surface area (Å²) in [5, 5.41) is 0. The van der Waals surface area contributed by atoms with E-state index in [1.165, 1.54) is 11.3 Å². The van der Waals surface area contributed by atoms with Gasteiger partial charge in [0.2, 0.25) is 0 Å². The van der Waals surface area contributed by atoms with Crippen LogP contribution >= 0.6 is 27.3 Å². The number of hydrogen-bond donors (Lipinski definition) is 1. The number of hydrogen-bond acceptors (Lipinski definition) is 4. The molecule has 0 bridgehead atoms. The summed E-state index contributed by atoms with van der Waals surface area (Å²) >= 11 is 4.70. The minimum Gasteiger partial charge on any atom is -0.494 e. The van der Waals surface area contributed by atoms with Crippen LogP contribution in [0.3, 0.4) is 0 Å². The Morgan fingerprint density at radius 2 is 2.10 bits per heavy atom. The van der Waals surface area contributed by atoms with Crippen LogP contribution in [0.15, 0.2) is 39.0 Å². The van der Waals surface area contributed by atoms with Gasteiger partial charge in [-0.15, -0.1) is 11.3 Å². The Morgan fingerprint density at radius 3 is 2.71 bits per heavy atom. The second kappa shape index (κ2) is 6.81. The Morgan fingerprint density at radius 1 is 1.33 bits per heavy atom. The molecule has 0 spiro atoms. The molecule has 2 aromatic rings. The summed E-state index contributed by atoms with van der Waals surface area (Å²) in [6.07, 6.45) is 0.901. The summed E-state index contributed by atoms with van der Waals surface area (Å²) in [7, 11) is -3.59. The van der Waals surface area contributed by atoms with E-state index in [2.05, 4.69) is 20.7 Å². The number of nitrogens with one attached hydrogen (secondary N) is 1. The third-order valence-corrected chi connectivity index (χ3v) is 5.88. The molecule has 7 heteroatoms.